The van der Waals surface area contributed by atoms with Crippen LogP contribution in [0.2, 0.25) is 5.02 Å². The number of anilines is 1. The van der Waals surface area contributed by atoms with Crippen molar-refractivity contribution >= 4 is 39.1 Å². The van der Waals surface area contributed by atoms with Crippen LogP contribution < -0.4 is 9.62 Å². The number of rotatable bonds is 11. The van der Waals surface area contributed by atoms with Gasteiger partial charge >= 0.3 is 0 Å². The molecule has 0 aromatic heterocycles. The van der Waals surface area contributed by atoms with Crippen LogP contribution in [0.3, 0.4) is 0 Å². The normalized spacial score (nSPS) is 11.9. The molecular formula is C32H31ClFN3O4S. The molecule has 1 N–H and O–H groups in total. The Bertz CT molecular complexity index is 1630. The van der Waals surface area contributed by atoms with Gasteiger partial charge in [0.05, 0.1) is 10.6 Å². The Hall–Kier alpha value is -4.21. The summed E-state index contributed by atoms with van der Waals surface area (Å²) in [6, 6.07) is 26.4. The van der Waals surface area contributed by atoms with Crippen molar-refractivity contribution in [2.45, 2.75) is 30.8 Å². The molecule has 0 radical (unpaired) electrons. The molecule has 42 heavy (non-hydrogen) atoms. The van der Waals surface area contributed by atoms with E-state index in [9.17, 15) is 22.4 Å². The van der Waals surface area contributed by atoms with Gasteiger partial charge in [0.1, 0.15) is 18.4 Å². The largest absolute Gasteiger partial charge is 0.357 e. The van der Waals surface area contributed by atoms with Crippen molar-refractivity contribution in [3.8, 4) is 0 Å². The molecule has 4 rings (SSSR count). The van der Waals surface area contributed by atoms with Gasteiger partial charge in [-0.15, -0.1) is 0 Å². The highest BCUT2D eigenvalue weighted by molar-refractivity contribution is 7.92. The summed E-state index contributed by atoms with van der Waals surface area (Å²) in [7, 11) is -2.76. The zero-order valence-electron chi connectivity index (χ0n) is 23.2. The second-order valence-corrected chi connectivity index (χ2v) is 12.0. The molecule has 0 fully saturated rings. The zero-order chi connectivity index (χ0) is 30.3. The van der Waals surface area contributed by atoms with E-state index in [2.05, 4.69) is 5.32 Å². The highest BCUT2D eigenvalue weighted by Gasteiger charge is 2.34. The van der Waals surface area contributed by atoms with Crippen LogP contribution in [0.15, 0.2) is 108 Å². The summed E-state index contributed by atoms with van der Waals surface area (Å²) in [6.45, 7) is 1.12. The number of para-hydroxylation sites is 1. The average Bonchev–Trinajstić information content (AvgIpc) is 2.99. The molecule has 7 nitrogen and oxygen atoms in total. The number of carbonyl (C=O) groups excluding carboxylic acids is 2. The lowest BCUT2D eigenvalue weighted by Gasteiger charge is -2.34. The number of nitrogens with zero attached hydrogens (tertiary/aromatic N) is 2. The van der Waals surface area contributed by atoms with Crippen molar-refractivity contribution in [3.05, 3.63) is 131 Å². The van der Waals surface area contributed by atoms with Crippen molar-refractivity contribution in [3.63, 3.8) is 0 Å². The summed E-state index contributed by atoms with van der Waals surface area (Å²) in [6.07, 6.45) is 0.182. The molecular weight excluding hydrogens is 577 g/mol. The topological polar surface area (TPSA) is 86.8 Å². The molecule has 4 aromatic rings. The summed E-state index contributed by atoms with van der Waals surface area (Å²) >= 11 is 6.01. The molecule has 0 aliphatic rings. The molecule has 0 spiro atoms. The SMILES string of the molecule is CNC(=O)C(Cc1ccccc1)N(Cc1ccc(F)cc1)C(=O)CN(c1ccccc1C)S(=O)(=O)c1ccc(Cl)cc1. The van der Waals surface area contributed by atoms with Crippen molar-refractivity contribution in [1.29, 1.82) is 0 Å². The number of halogens is 2. The predicted octanol–water partition coefficient (Wildman–Crippen LogP) is 5.37. The first kappa shape index (κ1) is 30.7. The molecule has 1 atom stereocenters. The smallest absolute Gasteiger partial charge is 0.264 e. The van der Waals surface area contributed by atoms with Gasteiger partial charge in [0, 0.05) is 25.0 Å². The van der Waals surface area contributed by atoms with Gasteiger partial charge < -0.3 is 10.2 Å². The van der Waals surface area contributed by atoms with Crippen molar-refractivity contribution in [2.24, 2.45) is 0 Å². The second-order valence-electron chi connectivity index (χ2n) is 9.72. The van der Waals surface area contributed by atoms with Crippen LogP contribution >= 0.6 is 11.6 Å². The number of nitrogens with one attached hydrogen (secondary N) is 1. The summed E-state index contributed by atoms with van der Waals surface area (Å²) in [5.74, 6) is -1.47. The van der Waals surface area contributed by atoms with Crippen LogP contribution in [0.25, 0.3) is 0 Å². The molecule has 10 heteroatoms. The average molecular weight is 608 g/mol. The lowest BCUT2D eigenvalue weighted by Crippen LogP contribution is -2.53. The third kappa shape index (κ3) is 7.35. The van der Waals surface area contributed by atoms with E-state index < -0.39 is 40.2 Å². The van der Waals surface area contributed by atoms with E-state index in [0.717, 1.165) is 9.87 Å². The van der Waals surface area contributed by atoms with Crippen LogP contribution in [0.1, 0.15) is 16.7 Å². The lowest BCUT2D eigenvalue weighted by atomic mass is 10.0. The van der Waals surface area contributed by atoms with Crippen molar-refractivity contribution < 1.29 is 22.4 Å². The molecule has 0 heterocycles. The fraction of sp³-hybridized carbons (Fsp3) is 0.188. The van der Waals surface area contributed by atoms with E-state index in [1.165, 1.54) is 60.5 Å². The lowest BCUT2D eigenvalue weighted by molar-refractivity contribution is -0.139. The standard InChI is InChI=1S/C32H31ClFN3O4S/c1-23-8-6-7-11-29(23)37(42(40,41)28-18-14-26(33)15-19-28)22-31(38)36(21-25-12-16-27(34)17-13-25)30(32(39)35-2)20-24-9-4-3-5-10-24/h3-19,30H,20-22H2,1-2H3,(H,35,39). The highest BCUT2D eigenvalue weighted by Crippen LogP contribution is 2.28. The maximum Gasteiger partial charge on any atom is 0.264 e. The summed E-state index contributed by atoms with van der Waals surface area (Å²) in [5, 5.41) is 3.00. The molecule has 0 saturated heterocycles. The third-order valence-corrected chi connectivity index (χ3v) is 8.87. The first-order chi connectivity index (χ1) is 20.1. The quantitative estimate of drug-likeness (QED) is 0.248. The zero-order valence-corrected chi connectivity index (χ0v) is 24.8. The third-order valence-electron chi connectivity index (χ3n) is 6.85. The second kappa shape index (κ2) is 13.6. The molecule has 2 amide bonds. The Morgan fingerprint density at radius 3 is 2.10 bits per heavy atom. The van der Waals surface area contributed by atoms with E-state index in [1.54, 1.807) is 31.2 Å². The molecule has 0 aliphatic carbocycles. The van der Waals surface area contributed by atoms with Gasteiger partial charge in [0.2, 0.25) is 11.8 Å². The minimum absolute atomic E-state index is 0.0415. The summed E-state index contributed by atoms with van der Waals surface area (Å²) < 4.78 is 42.7. The molecule has 0 bridgehead atoms. The molecule has 218 valence electrons. The Morgan fingerprint density at radius 1 is 0.857 bits per heavy atom. The van der Waals surface area contributed by atoms with Crippen molar-refractivity contribution in [2.75, 3.05) is 17.9 Å². The maximum absolute atomic E-state index is 14.2. The highest BCUT2D eigenvalue weighted by atomic mass is 35.5. The van der Waals surface area contributed by atoms with Crippen LogP contribution in [0.5, 0.6) is 0 Å². The minimum Gasteiger partial charge on any atom is -0.357 e. The maximum atomic E-state index is 14.2. The number of hydrogen-bond acceptors (Lipinski definition) is 4. The number of benzene rings is 4. The Labute approximate surface area is 250 Å². The van der Waals surface area contributed by atoms with Crippen LogP contribution in [-0.4, -0.2) is 44.8 Å². The number of likely N-dealkylation sites (N-methyl/N-ethyl adjacent to an activating group) is 1. The van der Waals surface area contributed by atoms with Gasteiger partial charge in [-0.1, -0.05) is 72.3 Å². The monoisotopic (exact) mass is 607 g/mol. The number of carbonyl (C=O) groups is 2. The van der Waals surface area contributed by atoms with Crippen LogP contribution in [0, 0.1) is 12.7 Å². The van der Waals surface area contributed by atoms with Crippen LogP contribution in [-0.2, 0) is 32.6 Å². The van der Waals surface area contributed by atoms with Gasteiger partial charge in [-0.2, -0.15) is 0 Å². The number of sulfonamides is 1. The summed E-state index contributed by atoms with van der Waals surface area (Å²) in [5.41, 5.74) is 2.35. The van der Waals surface area contributed by atoms with Gasteiger partial charge in [0.25, 0.3) is 10.0 Å². The Balaban J connectivity index is 1.79. The van der Waals surface area contributed by atoms with E-state index in [-0.39, 0.29) is 17.9 Å². The van der Waals surface area contributed by atoms with Crippen molar-refractivity contribution in [1.82, 2.24) is 10.2 Å². The van der Waals surface area contributed by atoms with Gasteiger partial charge in [0.15, 0.2) is 0 Å². The predicted molar refractivity (Wildman–Crippen MR) is 162 cm³/mol. The molecule has 4 aromatic carbocycles. The van der Waals surface area contributed by atoms with E-state index in [0.29, 0.717) is 21.8 Å². The Kier molecular flexibility index (Phi) is 9.98. The van der Waals surface area contributed by atoms with Gasteiger partial charge in [-0.25, -0.2) is 12.8 Å². The van der Waals surface area contributed by atoms with E-state index >= 15 is 0 Å². The fourth-order valence-corrected chi connectivity index (χ4v) is 6.20. The minimum atomic E-state index is -4.23. The molecule has 0 saturated carbocycles. The van der Waals surface area contributed by atoms with E-state index in [1.807, 2.05) is 30.3 Å². The number of hydrogen-bond donors (Lipinski definition) is 1. The fourth-order valence-electron chi connectivity index (χ4n) is 4.60. The van der Waals surface area contributed by atoms with Crippen LogP contribution in [0.4, 0.5) is 10.1 Å². The molecule has 0 aliphatic heterocycles. The summed E-state index contributed by atoms with van der Waals surface area (Å²) in [4.78, 5) is 28.8. The first-order valence-corrected chi connectivity index (χ1v) is 15.1. The van der Waals surface area contributed by atoms with Gasteiger partial charge in [-0.05, 0) is 66.1 Å². The molecule has 1 unspecified atom stereocenters. The first-order valence-electron chi connectivity index (χ1n) is 13.2. The number of amides is 2. The van der Waals surface area contributed by atoms with Gasteiger partial charge in [-0.3, -0.25) is 13.9 Å². The number of aryl methyl sites for hydroxylation is 1. The van der Waals surface area contributed by atoms with E-state index in [4.69, 9.17) is 11.6 Å². The Morgan fingerprint density at radius 2 is 1.48 bits per heavy atom.